The van der Waals surface area contributed by atoms with Crippen molar-refractivity contribution in [2.45, 2.75) is 6.10 Å². The minimum Gasteiger partial charge on any atom is -0.481 e. The Bertz CT molecular complexity index is 796. The molecular weight excluding hydrogens is 348 g/mol. The van der Waals surface area contributed by atoms with E-state index in [2.05, 4.69) is 9.97 Å². The molecule has 1 saturated heterocycles. The van der Waals surface area contributed by atoms with Gasteiger partial charge in [0.2, 0.25) is 5.88 Å². The lowest BCUT2D eigenvalue weighted by Gasteiger charge is -2.33. The van der Waals surface area contributed by atoms with Crippen LogP contribution in [0.5, 0.6) is 11.9 Å². The number of hydrogen-bond donors (Lipinski definition) is 0. The van der Waals surface area contributed by atoms with Crippen molar-refractivity contribution in [1.29, 1.82) is 0 Å². The summed E-state index contributed by atoms with van der Waals surface area (Å²) in [6, 6.07) is 4.97. The number of nitrogens with zero attached hydrogens (tertiary/aromatic N) is 3. The van der Waals surface area contributed by atoms with Crippen molar-refractivity contribution in [2.24, 2.45) is 0 Å². The van der Waals surface area contributed by atoms with Gasteiger partial charge in [-0.1, -0.05) is 6.07 Å². The monoisotopic (exact) mass is 365 g/mol. The van der Waals surface area contributed by atoms with Crippen molar-refractivity contribution in [3.05, 3.63) is 47.2 Å². The average molecular weight is 365 g/mol. The smallest absolute Gasteiger partial charge is 0.320 e. The molecule has 0 radical (unpaired) electrons. The molecular formula is C17H17F2N3O4. The second-order valence-corrected chi connectivity index (χ2v) is 5.57. The standard InChI is InChI=1S/C17H17F2N3O4/c1-24-15-8-13(20-17(21-15)25-2)16(23)22-5-6-26-14(9-22)10-3-4-11(18)12(19)7-10/h3-4,7-8,14H,5-6,9H2,1-2H3. The third-order valence-electron chi connectivity index (χ3n) is 3.96. The van der Waals surface area contributed by atoms with E-state index in [4.69, 9.17) is 14.2 Å². The number of aromatic nitrogens is 2. The summed E-state index contributed by atoms with van der Waals surface area (Å²) in [5.41, 5.74) is 0.568. The van der Waals surface area contributed by atoms with Gasteiger partial charge in [0, 0.05) is 12.6 Å². The Balaban J connectivity index is 1.80. The molecule has 1 aromatic carbocycles. The fourth-order valence-electron chi connectivity index (χ4n) is 2.62. The van der Waals surface area contributed by atoms with Gasteiger partial charge in [0.05, 0.1) is 27.4 Å². The summed E-state index contributed by atoms with van der Waals surface area (Å²) in [4.78, 5) is 22.3. The Morgan fingerprint density at radius 3 is 2.69 bits per heavy atom. The number of ether oxygens (including phenoxy) is 3. The molecule has 2 heterocycles. The highest BCUT2D eigenvalue weighted by Gasteiger charge is 2.28. The van der Waals surface area contributed by atoms with Crippen molar-refractivity contribution in [2.75, 3.05) is 33.9 Å². The molecule has 0 aliphatic carbocycles. The molecule has 1 atom stereocenters. The second-order valence-electron chi connectivity index (χ2n) is 5.57. The van der Waals surface area contributed by atoms with Crippen molar-refractivity contribution in [1.82, 2.24) is 14.9 Å². The lowest BCUT2D eigenvalue weighted by atomic mass is 10.1. The zero-order valence-electron chi connectivity index (χ0n) is 14.2. The Labute approximate surface area is 148 Å². The average Bonchev–Trinajstić information content (AvgIpc) is 2.69. The molecule has 3 rings (SSSR count). The summed E-state index contributed by atoms with van der Waals surface area (Å²) in [5, 5.41) is 0. The maximum atomic E-state index is 13.5. The highest BCUT2D eigenvalue weighted by atomic mass is 19.2. The topological polar surface area (TPSA) is 73.8 Å². The van der Waals surface area contributed by atoms with Crippen LogP contribution >= 0.6 is 0 Å². The predicted molar refractivity (Wildman–Crippen MR) is 86.1 cm³/mol. The van der Waals surface area contributed by atoms with E-state index >= 15 is 0 Å². The molecule has 0 saturated carbocycles. The number of halogens is 2. The fourth-order valence-corrected chi connectivity index (χ4v) is 2.62. The van der Waals surface area contributed by atoms with Gasteiger partial charge in [0.25, 0.3) is 5.91 Å². The normalized spacial score (nSPS) is 17.1. The van der Waals surface area contributed by atoms with Crippen LogP contribution in [0.25, 0.3) is 0 Å². The van der Waals surface area contributed by atoms with Gasteiger partial charge < -0.3 is 19.1 Å². The van der Waals surface area contributed by atoms with Crippen LogP contribution in [-0.2, 0) is 4.74 Å². The van der Waals surface area contributed by atoms with E-state index in [-0.39, 0.29) is 36.6 Å². The molecule has 0 bridgehead atoms. The quantitative estimate of drug-likeness (QED) is 0.825. The number of amides is 1. The first-order chi connectivity index (χ1) is 12.5. The number of hydrogen-bond acceptors (Lipinski definition) is 6. The third-order valence-corrected chi connectivity index (χ3v) is 3.96. The summed E-state index contributed by atoms with van der Waals surface area (Å²) in [7, 11) is 2.81. The maximum Gasteiger partial charge on any atom is 0.320 e. The van der Waals surface area contributed by atoms with Crippen LogP contribution in [0.3, 0.4) is 0 Å². The first-order valence-electron chi connectivity index (χ1n) is 7.84. The van der Waals surface area contributed by atoms with Gasteiger partial charge >= 0.3 is 6.01 Å². The van der Waals surface area contributed by atoms with Gasteiger partial charge in [-0.05, 0) is 17.7 Å². The van der Waals surface area contributed by atoms with Gasteiger partial charge in [-0.25, -0.2) is 8.78 Å². The molecule has 1 aliphatic heterocycles. The van der Waals surface area contributed by atoms with Crippen LogP contribution in [0.4, 0.5) is 8.78 Å². The highest BCUT2D eigenvalue weighted by molar-refractivity contribution is 5.92. The van der Waals surface area contributed by atoms with E-state index in [0.717, 1.165) is 12.1 Å². The van der Waals surface area contributed by atoms with Crippen LogP contribution in [0, 0.1) is 11.6 Å². The summed E-state index contributed by atoms with van der Waals surface area (Å²) in [6.45, 7) is 0.779. The first kappa shape index (κ1) is 18.0. The number of benzene rings is 1. The summed E-state index contributed by atoms with van der Waals surface area (Å²) >= 11 is 0. The largest absolute Gasteiger partial charge is 0.481 e. The maximum absolute atomic E-state index is 13.5. The van der Waals surface area contributed by atoms with Gasteiger partial charge in [-0.15, -0.1) is 0 Å². The van der Waals surface area contributed by atoms with E-state index in [1.807, 2.05) is 0 Å². The second kappa shape index (κ2) is 7.61. The molecule has 1 fully saturated rings. The number of methoxy groups -OCH3 is 2. The van der Waals surface area contributed by atoms with E-state index in [0.29, 0.717) is 12.1 Å². The molecule has 7 nitrogen and oxygen atoms in total. The minimum atomic E-state index is -0.958. The molecule has 9 heteroatoms. The van der Waals surface area contributed by atoms with E-state index in [1.54, 1.807) is 0 Å². The zero-order valence-corrected chi connectivity index (χ0v) is 14.2. The lowest BCUT2D eigenvalue weighted by molar-refractivity contribution is -0.0232. The first-order valence-corrected chi connectivity index (χ1v) is 7.84. The predicted octanol–water partition coefficient (Wildman–Crippen LogP) is 1.99. The van der Waals surface area contributed by atoms with Crippen LogP contribution in [-0.4, -0.2) is 54.7 Å². The zero-order chi connectivity index (χ0) is 18.7. The molecule has 26 heavy (non-hydrogen) atoms. The molecule has 138 valence electrons. The minimum absolute atomic E-state index is 0.0121. The van der Waals surface area contributed by atoms with Crippen LogP contribution in [0.2, 0.25) is 0 Å². The SMILES string of the molecule is COc1cc(C(=O)N2CCOC(c3ccc(F)c(F)c3)C2)nc(OC)n1. The van der Waals surface area contributed by atoms with E-state index < -0.39 is 17.7 Å². The van der Waals surface area contributed by atoms with E-state index in [9.17, 15) is 13.6 Å². The Morgan fingerprint density at radius 1 is 1.19 bits per heavy atom. The van der Waals surface area contributed by atoms with Crippen LogP contribution in [0.15, 0.2) is 24.3 Å². The molecule has 1 amide bonds. The highest BCUT2D eigenvalue weighted by Crippen LogP contribution is 2.25. The molecule has 1 unspecified atom stereocenters. The summed E-state index contributed by atoms with van der Waals surface area (Å²) in [5.74, 6) is -2.05. The molecule has 2 aromatic rings. The van der Waals surface area contributed by atoms with Gasteiger partial charge in [-0.2, -0.15) is 9.97 Å². The molecule has 0 N–H and O–H groups in total. The summed E-state index contributed by atoms with van der Waals surface area (Å²) in [6.07, 6.45) is -0.562. The van der Waals surface area contributed by atoms with Gasteiger partial charge in [0.15, 0.2) is 11.6 Å². The van der Waals surface area contributed by atoms with Crippen molar-refractivity contribution in [3.8, 4) is 11.9 Å². The van der Waals surface area contributed by atoms with Crippen LogP contribution < -0.4 is 9.47 Å². The Kier molecular flexibility index (Phi) is 5.27. The molecule has 1 aromatic heterocycles. The molecule has 0 spiro atoms. The van der Waals surface area contributed by atoms with Gasteiger partial charge in [-0.3, -0.25) is 4.79 Å². The Hall–Kier alpha value is -2.81. The van der Waals surface area contributed by atoms with Gasteiger partial charge in [0.1, 0.15) is 11.8 Å². The van der Waals surface area contributed by atoms with E-state index in [1.165, 1.54) is 31.3 Å². The number of rotatable bonds is 4. The van der Waals surface area contributed by atoms with Crippen molar-refractivity contribution >= 4 is 5.91 Å². The van der Waals surface area contributed by atoms with Crippen molar-refractivity contribution < 1.29 is 27.8 Å². The van der Waals surface area contributed by atoms with Crippen LogP contribution in [0.1, 0.15) is 22.2 Å². The Morgan fingerprint density at radius 2 is 2.00 bits per heavy atom. The third kappa shape index (κ3) is 3.72. The number of morpholine rings is 1. The van der Waals surface area contributed by atoms with Crippen molar-refractivity contribution in [3.63, 3.8) is 0 Å². The number of carbonyl (C=O) groups is 1. The lowest BCUT2D eigenvalue weighted by Crippen LogP contribution is -2.42. The number of carbonyl (C=O) groups excluding carboxylic acids is 1. The fraction of sp³-hybridized carbons (Fsp3) is 0.353. The summed E-state index contributed by atoms with van der Waals surface area (Å²) < 4.78 is 42.2. The molecule has 1 aliphatic rings.